The molecule has 0 bridgehead atoms. The number of carboxylic acids is 1. The molecule has 1 unspecified atom stereocenters. The minimum absolute atomic E-state index is 0.293. The normalized spacial score (nSPS) is 18.8. The number of ether oxygens (including phenoxy) is 1. The Balaban J connectivity index is 2.64. The Bertz CT molecular complexity index is 358. The highest BCUT2D eigenvalue weighted by Crippen LogP contribution is 2.18. The number of hydrogen-bond donors (Lipinski definition) is 1. The first kappa shape index (κ1) is 15.3. The molecule has 2 amide bonds. The summed E-state index contributed by atoms with van der Waals surface area (Å²) in [5.41, 5.74) is 0. The van der Waals surface area contributed by atoms with Gasteiger partial charge in [-0.3, -0.25) is 9.59 Å². The molecule has 0 aromatic carbocycles. The van der Waals surface area contributed by atoms with Gasteiger partial charge in [-0.2, -0.15) is 0 Å². The smallest absolute Gasteiger partial charge is 0.323 e. The molecule has 1 heterocycles. The Morgan fingerprint density at radius 1 is 1.42 bits per heavy atom. The van der Waals surface area contributed by atoms with Crippen LogP contribution in [0.5, 0.6) is 0 Å². The summed E-state index contributed by atoms with van der Waals surface area (Å²) in [5, 5.41) is 8.75. The standard InChI is InChI=1S/C12H20N2O5/c1-3-13(8-10(15)16)12(18)14-6-4-5-9(7-14)11(17)19-2/h9H,3-8H2,1-2H3,(H,15,16). The van der Waals surface area contributed by atoms with Crippen molar-refractivity contribution in [1.82, 2.24) is 9.80 Å². The molecule has 1 rings (SSSR count). The second-order valence-corrected chi connectivity index (χ2v) is 4.50. The van der Waals surface area contributed by atoms with Gasteiger partial charge in [0.1, 0.15) is 6.54 Å². The predicted molar refractivity (Wildman–Crippen MR) is 66.6 cm³/mol. The van der Waals surface area contributed by atoms with Crippen molar-refractivity contribution in [1.29, 1.82) is 0 Å². The highest BCUT2D eigenvalue weighted by atomic mass is 16.5. The van der Waals surface area contributed by atoms with Gasteiger partial charge in [0.15, 0.2) is 0 Å². The van der Waals surface area contributed by atoms with Gasteiger partial charge in [-0.25, -0.2) is 4.79 Å². The molecule has 1 atom stereocenters. The fraction of sp³-hybridized carbons (Fsp3) is 0.750. The monoisotopic (exact) mass is 272 g/mol. The molecule has 0 spiro atoms. The van der Waals surface area contributed by atoms with Crippen molar-refractivity contribution < 1.29 is 24.2 Å². The summed E-state index contributed by atoms with van der Waals surface area (Å²) in [6.45, 7) is 2.56. The molecule has 1 aliphatic heterocycles. The van der Waals surface area contributed by atoms with E-state index in [-0.39, 0.29) is 24.5 Å². The van der Waals surface area contributed by atoms with Crippen molar-refractivity contribution in [2.45, 2.75) is 19.8 Å². The summed E-state index contributed by atoms with van der Waals surface area (Å²) < 4.78 is 4.68. The molecule has 0 aromatic rings. The van der Waals surface area contributed by atoms with Crippen molar-refractivity contribution in [2.24, 2.45) is 5.92 Å². The van der Waals surface area contributed by atoms with E-state index in [4.69, 9.17) is 5.11 Å². The molecular weight excluding hydrogens is 252 g/mol. The average molecular weight is 272 g/mol. The first-order valence-electron chi connectivity index (χ1n) is 6.33. The Hall–Kier alpha value is -1.79. The van der Waals surface area contributed by atoms with Crippen molar-refractivity contribution in [3.05, 3.63) is 0 Å². The van der Waals surface area contributed by atoms with E-state index in [9.17, 15) is 14.4 Å². The van der Waals surface area contributed by atoms with Crippen LogP contribution in [0.25, 0.3) is 0 Å². The van der Waals surface area contributed by atoms with Crippen LogP contribution in [0.15, 0.2) is 0 Å². The second-order valence-electron chi connectivity index (χ2n) is 4.50. The quantitative estimate of drug-likeness (QED) is 0.748. The lowest BCUT2D eigenvalue weighted by molar-refractivity contribution is -0.147. The number of aliphatic carboxylic acids is 1. The molecule has 108 valence electrons. The van der Waals surface area contributed by atoms with Crippen LogP contribution in [-0.2, 0) is 14.3 Å². The van der Waals surface area contributed by atoms with Crippen molar-refractivity contribution in [2.75, 3.05) is 33.3 Å². The maximum atomic E-state index is 12.2. The van der Waals surface area contributed by atoms with E-state index in [2.05, 4.69) is 4.74 Å². The zero-order valence-corrected chi connectivity index (χ0v) is 11.3. The topological polar surface area (TPSA) is 87.2 Å². The fourth-order valence-corrected chi connectivity index (χ4v) is 2.19. The van der Waals surface area contributed by atoms with E-state index in [1.54, 1.807) is 6.92 Å². The Labute approximate surface area is 112 Å². The number of urea groups is 1. The van der Waals surface area contributed by atoms with Gasteiger partial charge in [0.05, 0.1) is 13.0 Å². The van der Waals surface area contributed by atoms with Gasteiger partial charge in [0.25, 0.3) is 0 Å². The van der Waals surface area contributed by atoms with E-state index < -0.39 is 5.97 Å². The van der Waals surface area contributed by atoms with Crippen LogP contribution in [0.2, 0.25) is 0 Å². The number of likely N-dealkylation sites (tertiary alicyclic amines) is 1. The molecule has 0 aliphatic carbocycles. The second kappa shape index (κ2) is 6.96. The molecule has 19 heavy (non-hydrogen) atoms. The summed E-state index contributed by atoms with van der Waals surface area (Å²) >= 11 is 0. The van der Waals surface area contributed by atoms with Crippen molar-refractivity contribution >= 4 is 18.0 Å². The highest BCUT2D eigenvalue weighted by Gasteiger charge is 2.31. The third-order valence-electron chi connectivity index (χ3n) is 3.20. The molecule has 1 N–H and O–H groups in total. The van der Waals surface area contributed by atoms with Crippen LogP contribution < -0.4 is 0 Å². The largest absolute Gasteiger partial charge is 0.480 e. The third-order valence-corrected chi connectivity index (χ3v) is 3.20. The first-order valence-corrected chi connectivity index (χ1v) is 6.33. The van der Waals surface area contributed by atoms with E-state index in [1.165, 1.54) is 16.9 Å². The van der Waals surface area contributed by atoms with Crippen molar-refractivity contribution in [3.63, 3.8) is 0 Å². The van der Waals surface area contributed by atoms with E-state index in [1.807, 2.05) is 0 Å². The number of hydrogen-bond acceptors (Lipinski definition) is 4. The minimum Gasteiger partial charge on any atom is -0.480 e. The van der Waals surface area contributed by atoms with Gasteiger partial charge in [0.2, 0.25) is 0 Å². The summed E-state index contributed by atoms with van der Waals surface area (Å²) in [6, 6.07) is -0.335. The van der Waals surface area contributed by atoms with Crippen LogP contribution >= 0.6 is 0 Å². The number of carbonyl (C=O) groups excluding carboxylic acids is 2. The molecular formula is C12H20N2O5. The molecule has 1 aliphatic rings. The van der Waals surface area contributed by atoms with Crippen LogP contribution in [0.4, 0.5) is 4.79 Å². The summed E-state index contributed by atoms with van der Waals surface area (Å²) in [7, 11) is 1.33. The molecule has 0 saturated carbocycles. The highest BCUT2D eigenvalue weighted by molar-refractivity contribution is 5.81. The van der Waals surface area contributed by atoms with Crippen LogP contribution in [-0.4, -0.2) is 66.2 Å². The van der Waals surface area contributed by atoms with Crippen LogP contribution in [0.3, 0.4) is 0 Å². The number of methoxy groups -OCH3 is 1. The molecule has 0 radical (unpaired) electrons. The van der Waals surface area contributed by atoms with Gasteiger partial charge in [-0.15, -0.1) is 0 Å². The zero-order valence-electron chi connectivity index (χ0n) is 11.3. The summed E-state index contributed by atoms with van der Waals surface area (Å²) in [4.78, 5) is 37.1. The van der Waals surface area contributed by atoms with Gasteiger partial charge >= 0.3 is 18.0 Å². The molecule has 0 aromatic heterocycles. The van der Waals surface area contributed by atoms with Crippen LogP contribution in [0.1, 0.15) is 19.8 Å². The lowest BCUT2D eigenvalue weighted by Gasteiger charge is -2.34. The predicted octanol–water partition coefficient (Wildman–Crippen LogP) is 0.398. The number of carboxylic acid groups (broad SMARTS) is 1. The Morgan fingerprint density at radius 3 is 2.63 bits per heavy atom. The van der Waals surface area contributed by atoms with E-state index >= 15 is 0 Å². The minimum atomic E-state index is -1.04. The number of rotatable bonds is 4. The first-order chi connectivity index (χ1) is 8.99. The number of esters is 1. The maximum absolute atomic E-state index is 12.2. The van der Waals surface area contributed by atoms with E-state index in [0.717, 1.165) is 6.42 Å². The fourth-order valence-electron chi connectivity index (χ4n) is 2.19. The lowest BCUT2D eigenvalue weighted by Crippen LogP contribution is -2.50. The number of nitrogens with zero attached hydrogens (tertiary/aromatic N) is 2. The number of piperidine rings is 1. The number of likely N-dealkylation sites (N-methyl/N-ethyl adjacent to an activating group) is 1. The lowest BCUT2D eigenvalue weighted by atomic mass is 9.98. The number of carbonyl (C=O) groups is 3. The summed E-state index contributed by atoms with van der Waals surface area (Å²) in [5.74, 6) is -1.68. The van der Waals surface area contributed by atoms with Gasteiger partial charge < -0.3 is 19.6 Å². The van der Waals surface area contributed by atoms with Gasteiger partial charge in [0, 0.05) is 19.6 Å². The SMILES string of the molecule is CCN(CC(=O)O)C(=O)N1CCCC(C(=O)OC)C1. The van der Waals surface area contributed by atoms with E-state index in [0.29, 0.717) is 26.1 Å². The number of amides is 2. The third kappa shape index (κ3) is 4.11. The Kier molecular flexibility index (Phi) is 5.59. The molecule has 7 heteroatoms. The average Bonchev–Trinajstić information content (AvgIpc) is 2.43. The zero-order chi connectivity index (χ0) is 14.4. The Morgan fingerprint density at radius 2 is 2.11 bits per heavy atom. The van der Waals surface area contributed by atoms with Gasteiger partial charge in [-0.05, 0) is 19.8 Å². The summed E-state index contributed by atoms with van der Waals surface area (Å²) in [6.07, 6.45) is 1.41. The van der Waals surface area contributed by atoms with Crippen molar-refractivity contribution in [3.8, 4) is 0 Å². The van der Waals surface area contributed by atoms with Crippen LogP contribution in [0, 0.1) is 5.92 Å². The molecule has 7 nitrogen and oxygen atoms in total. The molecule has 1 saturated heterocycles. The molecule has 1 fully saturated rings. The van der Waals surface area contributed by atoms with Gasteiger partial charge in [-0.1, -0.05) is 0 Å². The maximum Gasteiger partial charge on any atom is 0.323 e.